The number of rotatable bonds is 7. The van der Waals surface area contributed by atoms with Gasteiger partial charge in [0.2, 0.25) is 0 Å². The average Bonchev–Trinajstić information content (AvgIpc) is 3.11. The predicted octanol–water partition coefficient (Wildman–Crippen LogP) is 4.44. The summed E-state index contributed by atoms with van der Waals surface area (Å²) >= 11 is 1.05. The van der Waals surface area contributed by atoms with Crippen LogP contribution in [0.15, 0.2) is 24.3 Å². The number of nitrogens with zero attached hydrogens (tertiary/aromatic N) is 1. The van der Waals surface area contributed by atoms with Gasteiger partial charge in [-0.05, 0) is 30.7 Å². The number of aliphatic carboxylic acids is 1. The first-order valence-electron chi connectivity index (χ1n) is 7.90. The van der Waals surface area contributed by atoms with Crippen LogP contribution in [0, 0.1) is 12.7 Å². The fourth-order valence-electron chi connectivity index (χ4n) is 3.03. The highest BCUT2D eigenvalue weighted by Crippen LogP contribution is 2.34. The van der Waals surface area contributed by atoms with Crippen molar-refractivity contribution in [2.45, 2.75) is 26.5 Å². The second-order valence-corrected chi connectivity index (χ2v) is 6.95. The lowest BCUT2D eigenvalue weighted by molar-refractivity contribution is -0.136. The van der Waals surface area contributed by atoms with Crippen molar-refractivity contribution >= 4 is 28.2 Å². The zero-order chi connectivity index (χ0) is 19.7. The van der Waals surface area contributed by atoms with E-state index < -0.39 is 18.4 Å². The molecular formula is C18H16F3NO4S. The Morgan fingerprint density at radius 1 is 1.33 bits per heavy atom. The van der Waals surface area contributed by atoms with Gasteiger partial charge < -0.3 is 19.1 Å². The maximum atomic E-state index is 14.2. The van der Waals surface area contributed by atoms with E-state index in [1.807, 2.05) is 0 Å². The molecule has 2 heterocycles. The van der Waals surface area contributed by atoms with Crippen LogP contribution in [0.25, 0.3) is 10.9 Å². The van der Waals surface area contributed by atoms with Gasteiger partial charge in [0.25, 0.3) is 0 Å². The standard InChI is InChI=1S/C18H16F3NO4S/c1-9-11(6-16(23)24)12-5-15(25-2)13(19)7-14(12)22(9)8-10-3-4-17(27-10)26-18(20)21/h3-5,7,18H,6,8H2,1-2H3,(H,23,24). The second-order valence-electron chi connectivity index (χ2n) is 5.82. The molecule has 3 rings (SSSR count). The van der Waals surface area contributed by atoms with Gasteiger partial charge in [0.1, 0.15) is 0 Å². The van der Waals surface area contributed by atoms with Crippen molar-refractivity contribution < 1.29 is 32.5 Å². The van der Waals surface area contributed by atoms with Crippen molar-refractivity contribution in [3.63, 3.8) is 0 Å². The number of ether oxygens (including phenoxy) is 2. The molecule has 27 heavy (non-hydrogen) atoms. The van der Waals surface area contributed by atoms with Gasteiger partial charge in [0.15, 0.2) is 16.6 Å². The minimum Gasteiger partial charge on any atom is -0.494 e. The molecule has 0 aliphatic heterocycles. The van der Waals surface area contributed by atoms with Crippen LogP contribution in [0.3, 0.4) is 0 Å². The van der Waals surface area contributed by atoms with Crippen molar-refractivity contribution in [2.75, 3.05) is 7.11 Å². The molecular weight excluding hydrogens is 383 g/mol. The van der Waals surface area contributed by atoms with Gasteiger partial charge in [-0.3, -0.25) is 4.79 Å². The number of fused-ring (bicyclic) bond motifs is 1. The van der Waals surface area contributed by atoms with E-state index in [4.69, 9.17) is 4.74 Å². The summed E-state index contributed by atoms with van der Waals surface area (Å²) in [5.41, 5.74) is 1.72. The van der Waals surface area contributed by atoms with Crippen LogP contribution in [0.1, 0.15) is 16.1 Å². The molecule has 0 saturated carbocycles. The molecule has 2 aromatic heterocycles. The number of carbonyl (C=O) groups is 1. The summed E-state index contributed by atoms with van der Waals surface area (Å²) in [6.45, 7) is -0.896. The monoisotopic (exact) mass is 399 g/mol. The first-order valence-corrected chi connectivity index (χ1v) is 8.72. The highest BCUT2D eigenvalue weighted by atomic mass is 32.1. The maximum absolute atomic E-state index is 14.2. The van der Waals surface area contributed by atoms with Crippen molar-refractivity contribution in [2.24, 2.45) is 0 Å². The van der Waals surface area contributed by atoms with Crippen LogP contribution in [-0.2, 0) is 17.8 Å². The summed E-state index contributed by atoms with van der Waals surface area (Å²) in [7, 11) is 1.33. The molecule has 0 aliphatic carbocycles. The van der Waals surface area contributed by atoms with Crippen molar-refractivity contribution in [3.8, 4) is 10.8 Å². The number of benzene rings is 1. The number of carboxylic acid groups (broad SMARTS) is 1. The van der Waals surface area contributed by atoms with Gasteiger partial charge in [0.05, 0.1) is 25.6 Å². The Balaban J connectivity index is 2.08. The van der Waals surface area contributed by atoms with E-state index in [1.54, 1.807) is 17.6 Å². The minimum atomic E-state index is -2.91. The molecule has 0 spiro atoms. The molecule has 0 fully saturated rings. The number of halogens is 3. The molecule has 1 N–H and O–H groups in total. The largest absolute Gasteiger partial charge is 0.494 e. The number of aromatic nitrogens is 1. The fraction of sp³-hybridized carbons (Fsp3) is 0.278. The summed E-state index contributed by atoms with van der Waals surface area (Å²) in [4.78, 5) is 12.0. The van der Waals surface area contributed by atoms with Gasteiger partial charge in [-0.1, -0.05) is 0 Å². The van der Waals surface area contributed by atoms with Gasteiger partial charge in [0, 0.05) is 22.0 Å². The first-order chi connectivity index (χ1) is 12.8. The first kappa shape index (κ1) is 19.1. The van der Waals surface area contributed by atoms with E-state index in [0.717, 1.165) is 11.3 Å². The Hall–Kier alpha value is -2.68. The highest BCUT2D eigenvalue weighted by Gasteiger charge is 2.20. The summed E-state index contributed by atoms with van der Waals surface area (Å²) in [6, 6.07) is 5.85. The highest BCUT2D eigenvalue weighted by molar-refractivity contribution is 7.13. The normalized spacial score (nSPS) is 11.3. The molecule has 0 atom stereocenters. The molecule has 0 aliphatic rings. The van der Waals surface area contributed by atoms with Crippen molar-refractivity contribution in [3.05, 3.63) is 46.2 Å². The molecule has 3 aromatic rings. The summed E-state index contributed by atoms with van der Waals surface area (Å²) in [6.07, 6.45) is -0.228. The maximum Gasteiger partial charge on any atom is 0.388 e. The van der Waals surface area contributed by atoms with Crippen LogP contribution in [-0.4, -0.2) is 29.4 Å². The van der Waals surface area contributed by atoms with Crippen LogP contribution in [0.2, 0.25) is 0 Å². The zero-order valence-corrected chi connectivity index (χ0v) is 15.3. The number of hydrogen-bond acceptors (Lipinski definition) is 4. The Bertz CT molecular complexity index is 996. The summed E-state index contributed by atoms with van der Waals surface area (Å²) in [5, 5.41) is 9.87. The number of carboxylic acids is 1. The number of hydrogen-bond donors (Lipinski definition) is 1. The van der Waals surface area contributed by atoms with Crippen molar-refractivity contribution in [1.29, 1.82) is 0 Å². The second kappa shape index (κ2) is 7.51. The number of methoxy groups -OCH3 is 1. The lowest BCUT2D eigenvalue weighted by Gasteiger charge is -2.08. The molecule has 0 unspecified atom stereocenters. The Morgan fingerprint density at radius 3 is 2.70 bits per heavy atom. The van der Waals surface area contributed by atoms with Crippen LogP contribution in [0.5, 0.6) is 10.8 Å². The van der Waals surface area contributed by atoms with Gasteiger partial charge in [-0.2, -0.15) is 8.78 Å². The third kappa shape index (κ3) is 3.87. The Labute approximate surface area is 156 Å². The van der Waals surface area contributed by atoms with E-state index >= 15 is 0 Å². The average molecular weight is 399 g/mol. The van der Waals surface area contributed by atoms with E-state index in [9.17, 15) is 23.1 Å². The lowest BCUT2D eigenvalue weighted by atomic mass is 10.1. The van der Waals surface area contributed by atoms with E-state index in [1.165, 1.54) is 25.3 Å². The van der Waals surface area contributed by atoms with Crippen LogP contribution in [0.4, 0.5) is 13.2 Å². The van der Waals surface area contributed by atoms with Gasteiger partial charge in [-0.25, -0.2) is 4.39 Å². The smallest absolute Gasteiger partial charge is 0.388 e. The Kier molecular flexibility index (Phi) is 5.31. The SMILES string of the molecule is COc1cc2c(CC(=O)O)c(C)n(Cc3ccc(OC(F)F)s3)c2cc1F. The minimum absolute atomic E-state index is 0.0232. The third-order valence-electron chi connectivity index (χ3n) is 4.21. The van der Waals surface area contributed by atoms with Crippen LogP contribution >= 0.6 is 11.3 Å². The molecule has 1 aromatic carbocycles. The lowest BCUT2D eigenvalue weighted by Crippen LogP contribution is -2.04. The van der Waals surface area contributed by atoms with Gasteiger partial charge >= 0.3 is 12.6 Å². The molecule has 0 amide bonds. The van der Waals surface area contributed by atoms with Gasteiger partial charge in [-0.15, -0.1) is 11.3 Å². The zero-order valence-electron chi connectivity index (χ0n) is 14.5. The molecule has 0 bridgehead atoms. The Morgan fingerprint density at radius 2 is 2.07 bits per heavy atom. The van der Waals surface area contributed by atoms with E-state index in [0.29, 0.717) is 27.0 Å². The summed E-state index contributed by atoms with van der Waals surface area (Å²) < 4.78 is 50.1. The quantitative estimate of drug-likeness (QED) is 0.638. The van der Waals surface area contributed by atoms with E-state index in [-0.39, 0.29) is 23.8 Å². The van der Waals surface area contributed by atoms with Crippen LogP contribution < -0.4 is 9.47 Å². The topological polar surface area (TPSA) is 60.7 Å². The molecule has 0 radical (unpaired) electrons. The predicted molar refractivity (Wildman–Crippen MR) is 94.6 cm³/mol. The number of thiophene rings is 1. The van der Waals surface area contributed by atoms with E-state index in [2.05, 4.69) is 4.74 Å². The number of alkyl halides is 2. The fourth-order valence-corrected chi connectivity index (χ4v) is 3.88. The molecule has 0 saturated heterocycles. The molecule has 5 nitrogen and oxygen atoms in total. The third-order valence-corrected chi connectivity index (χ3v) is 5.17. The summed E-state index contributed by atoms with van der Waals surface area (Å²) in [5.74, 6) is -1.56. The van der Waals surface area contributed by atoms with Crippen molar-refractivity contribution in [1.82, 2.24) is 4.57 Å². The molecule has 144 valence electrons. The molecule has 9 heteroatoms.